The minimum absolute atomic E-state index is 0.0239. The molecule has 0 radical (unpaired) electrons. The molecule has 0 spiro atoms. The van der Waals surface area contributed by atoms with Crippen molar-refractivity contribution in [2.45, 2.75) is 58.3 Å². The van der Waals surface area contributed by atoms with Crippen molar-refractivity contribution in [3.63, 3.8) is 0 Å². The average molecular weight is 367 g/mol. The first-order valence-electron chi connectivity index (χ1n) is 8.88. The van der Waals surface area contributed by atoms with E-state index in [4.69, 9.17) is 0 Å². The Bertz CT molecular complexity index is 732. The Kier molecular flexibility index (Phi) is 5.64. The number of hydrogen-bond donors (Lipinski definition) is 0. The fraction of sp³-hybridized carbons (Fsp3) is 0.632. The van der Waals surface area contributed by atoms with Crippen molar-refractivity contribution in [1.82, 2.24) is 9.21 Å². The quantitative estimate of drug-likeness (QED) is 0.826. The van der Waals surface area contributed by atoms with E-state index in [0.29, 0.717) is 37.5 Å². The monoisotopic (exact) mass is 366 g/mol. The zero-order chi connectivity index (χ0) is 19.0. The highest BCUT2D eigenvalue weighted by molar-refractivity contribution is 7.89. The molecule has 1 aliphatic rings. The normalized spacial score (nSPS) is 17.0. The second-order valence-corrected chi connectivity index (χ2v) is 9.70. The van der Waals surface area contributed by atoms with Crippen LogP contribution in [0.15, 0.2) is 17.0 Å². The van der Waals surface area contributed by atoms with Gasteiger partial charge in [-0.3, -0.25) is 4.79 Å². The van der Waals surface area contributed by atoms with Gasteiger partial charge in [0.15, 0.2) is 0 Å². The number of amides is 1. The summed E-state index contributed by atoms with van der Waals surface area (Å²) < 4.78 is 27.8. The molecule has 0 aliphatic carbocycles. The fourth-order valence-electron chi connectivity index (χ4n) is 3.32. The Morgan fingerprint density at radius 3 is 1.92 bits per heavy atom. The van der Waals surface area contributed by atoms with Gasteiger partial charge >= 0.3 is 0 Å². The number of carbonyl (C=O) groups is 1. The molecular formula is C19H30N2O3S. The van der Waals surface area contributed by atoms with E-state index in [1.165, 1.54) is 4.31 Å². The summed E-state index contributed by atoms with van der Waals surface area (Å²) in [5.74, 6) is 0.0824. The number of aryl methyl sites for hydroxylation is 2. The maximum absolute atomic E-state index is 13.2. The Balaban J connectivity index is 2.31. The third-order valence-corrected chi connectivity index (χ3v) is 7.02. The lowest BCUT2D eigenvalue weighted by atomic mass is 9.85. The van der Waals surface area contributed by atoms with Gasteiger partial charge in [0.25, 0.3) is 0 Å². The summed E-state index contributed by atoms with van der Waals surface area (Å²) in [6, 6.07) is 3.97. The van der Waals surface area contributed by atoms with Crippen molar-refractivity contribution < 1.29 is 13.2 Å². The molecule has 1 fully saturated rings. The number of nitrogens with zero attached hydrogens (tertiary/aromatic N) is 2. The maximum Gasteiger partial charge on any atom is 0.243 e. The smallest absolute Gasteiger partial charge is 0.243 e. The van der Waals surface area contributed by atoms with Gasteiger partial charge in [-0.2, -0.15) is 4.31 Å². The molecule has 2 rings (SSSR count). The first-order chi connectivity index (χ1) is 11.5. The van der Waals surface area contributed by atoms with Crippen LogP contribution in [0.1, 0.15) is 50.8 Å². The van der Waals surface area contributed by atoms with E-state index in [9.17, 15) is 13.2 Å². The Morgan fingerprint density at radius 1 is 1.04 bits per heavy atom. The van der Waals surface area contributed by atoms with Crippen molar-refractivity contribution >= 4 is 15.9 Å². The molecule has 1 saturated heterocycles. The Hall–Kier alpha value is -1.40. The van der Waals surface area contributed by atoms with Gasteiger partial charge in [-0.1, -0.05) is 39.8 Å². The van der Waals surface area contributed by atoms with E-state index in [1.54, 1.807) is 4.90 Å². The molecule has 1 amide bonds. The molecule has 1 heterocycles. The molecule has 25 heavy (non-hydrogen) atoms. The molecule has 1 aromatic rings. The molecule has 1 aromatic carbocycles. The van der Waals surface area contributed by atoms with Crippen LogP contribution >= 0.6 is 0 Å². The van der Waals surface area contributed by atoms with Gasteiger partial charge < -0.3 is 4.90 Å². The van der Waals surface area contributed by atoms with Crippen LogP contribution < -0.4 is 0 Å². The first-order valence-corrected chi connectivity index (χ1v) is 10.3. The lowest BCUT2D eigenvalue weighted by Gasteiger charge is -2.34. The van der Waals surface area contributed by atoms with Crippen molar-refractivity contribution in [3.05, 3.63) is 28.8 Å². The summed E-state index contributed by atoms with van der Waals surface area (Å²) >= 11 is 0. The summed E-state index contributed by atoms with van der Waals surface area (Å²) in [6.45, 7) is 13.6. The molecule has 5 nitrogen and oxygen atoms in total. The largest absolute Gasteiger partial charge is 0.340 e. The van der Waals surface area contributed by atoms with Gasteiger partial charge in [0.2, 0.25) is 15.9 Å². The highest BCUT2D eigenvalue weighted by atomic mass is 32.2. The van der Waals surface area contributed by atoms with Gasteiger partial charge in [-0.25, -0.2) is 8.42 Å². The lowest BCUT2D eigenvalue weighted by Crippen LogP contribution is -2.50. The minimum atomic E-state index is -3.55. The van der Waals surface area contributed by atoms with E-state index in [0.717, 1.165) is 16.7 Å². The van der Waals surface area contributed by atoms with Crippen molar-refractivity contribution in [2.24, 2.45) is 0 Å². The average Bonchev–Trinajstić information content (AvgIpc) is 2.52. The summed E-state index contributed by atoms with van der Waals surface area (Å²) in [5.41, 5.74) is 2.69. The van der Waals surface area contributed by atoms with Crippen LogP contribution in [0.2, 0.25) is 0 Å². The second kappa shape index (κ2) is 7.08. The number of piperazine rings is 1. The van der Waals surface area contributed by atoms with Crippen molar-refractivity contribution in [2.75, 3.05) is 26.2 Å². The summed E-state index contributed by atoms with van der Waals surface area (Å²) in [6.07, 6.45) is 0.458. The van der Waals surface area contributed by atoms with Gasteiger partial charge in [0, 0.05) is 32.6 Å². The molecule has 0 aromatic heterocycles. The zero-order valence-electron chi connectivity index (χ0n) is 16.2. The van der Waals surface area contributed by atoms with Crippen molar-refractivity contribution in [1.29, 1.82) is 0 Å². The third-order valence-electron chi connectivity index (χ3n) is 4.82. The van der Waals surface area contributed by atoms with Crippen molar-refractivity contribution in [3.8, 4) is 0 Å². The Morgan fingerprint density at radius 2 is 1.52 bits per heavy atom. The van der Waals surface area contributed by atoms with Crippen LogP contribution in [0, 0.1) is 13.8 Å². The highest BCUT2D eigenvalue weighted by Crippen LogP contribution is 2.31. The molecule has 1 aliphatic heterocycles. The number of carbonyl (C=O) groups excluding carboxylic acids is 1. The predicted molar refractivity (Wildman–Crippen MR) is 100 cm³/mol. The fourth-order valence-corrected chi connectivity index (χ4v) is 5.15. The molecule has 140 valence electrons. The number of benzene rings is 1. The predicted octanol–water partition coefficient (Wildman–Crippen LogP) is 2.84. The van der Waals surface area contributed by atoms with Gasteiger partial charge in [0.1, 0.15) is 0 Å². The SMILES string of the molecule is CCC(=O)N1CCN(S(=O)(=O)c2c(C)cc(C(C)(C)C)cc2C)CC1. The van der Waals surface area contributed by atoms with E-state index >= 15 is 0 Å². The maximum atomic E-state index is 13.2. The first kappa shape index (κ1) is 19.9. The van der Waals surface area contributed by atoms with E-state index < -0.39 is 10.0 Å². The minimum Gasteiger partial charge on any atom is -0.340 e. The molecule has 0 saturated carbocycles. The van der Waals surface area contributed by atoms with Crippen LogP contribution in [0.25, 0.3) is 0 Å². The molecule has 0 bridgehead atoms. The standard InChI is InChI=1S/C19H30N2O3S/c1-7-17(22)20-8-10-21(11-9-20)25(23,24)18-14(2)12-16(13-15(18)3)19(4,5)6/h12-13H,7-11H2,1-6H3. The molecular weight excluding hydrogens is 336 g/mol. The van der Waals surface area contributed by atoms with Crippen LogP contribution in [-0.4, -0.2) is 49.7 Å². The van der Waals surface area contributed by atoms with E-state index in [-0.39, 0.29) is 11.3 Å². The number of sulfonamides is 1. The summed E-state index contributed by atoms with van der Waals surface area (Å²) in [7, 11) is -3.55. The zero-order valence-corrected chi connectivity index (χ0v) is 17.0. The second-order valence-electron chi connectivity index (χ2n) is 7.83. The molecule has 0 atom stereocenters. The van der Waals surface area contributed by atoms with Crippen LogP contribution in [-0.2, 0) is 20.2 Å². The van der Waals surface area contributed by atoms with Gasteiger partial charge in [-0.05, 0) is 36.0 Å². The number of hydrogen-bond acceptors (Lipinski definition) is 3. The van der Waals surface area contributed by atoms with Gasteiger partial charge in [-0.15, -0.1) is 0 Å². The van der Waals surface area contributed by atoms with E-state index in [1.807, 2.05) is 32.9 Å². The van der Waals surface area contributed by atoms with Crippen LogP contribution in [0.5, 0.6) is 0 Å². The van der Waals surface area contributed by atoms with E-state index in [2.05, 4.69) is 20.8 Å². The topological polar surface area (TPSA) is 57.7 Å². The highest BCUT2D eigenvalue weighted by Gasteiger charge is 2.32. The van der Waals surface area contributed by atoms with Crippen LogP contribution in [0.4, 0.5) is 0 Å². The van der Waals surface area contributed by atoms with Gasteiger partial charge in [0.05, 0.1) is 4.90 Å². The molecule has 6 heteroatoms. The summed E-state index contributed by atoms with van der Waals surface area (Å²) in [4.78, 5) is 13.9. The Labute approximate surface area is 152 Å². The molecule has 0 N–H and O–H groups in total. The lowest BCUT2D eigenvalue weighted by molar-refractivity contribution is -0.132. The summed E-state index contributed by atoms with van der Waals surface area (Å²) in [5, 5.41) is 0. The third kappa shape index (κ3) is 4.06. The molecule has 0 unspecified atom stereocenters. The van der Waals surface area contributed by atoms with Crippen LogP contribution in [0.3, 0.4) is 0 Å². The number of rotatable bonds is 3.